The number of carbonyl (C=O) groups excluding carboxylic acids is 2. The molecule has 0 saturated heterocycles. The van der Waals surface area contributed by atoms with Crippen molar-refractivity contribution >= 4 is 40.4 Å². The van der Waals surface area contributed by atoms with E-state index in [0.717, 1.165) is 17.1 Å². The third kappa shape index (κ3) is 3.83. The number of hydrogen-bond donors (Lipinski definition) is 1. The molecule has 0 aliphatic heterocycles. The van der Waals surface area contributed by atoms with E-state index >= 15 is 0 Å². The molecule has 0 unspecified atom stereocenters. The van der Waals surface area contributed by atoms with Gasteiger partial charge in [0.2, 0.25) is 0 Å². The van der Waals surface area contributed by atoms with Crippen LogP contribution in [0.3, 0.4) is 0 Å². The Morgan fingerprint density at radius 3 is 2.82 bits per heavy atom. The maximum Gasteiger partial charge on any atom is 0.350 e. The van der Waals surface area contributed by atoms with Gasteiger partial charge in [0.1, 0.15) is 4.88 Å². The summed E-state index contributed by atoms with van der Waals surface area (Å²) in [6.07, 6.45) is 0.887. The van der Waals surface area contributed by atoms with Crippen LogP contribution in [-0.4, -0.2) is 36.0 Å². The summed E-state index contributed by atoms with van der Waals surface area (Å²) >= 11 is 2.82. The average Bonchev–Trinajstić information content (AvgIpc) is 3.15. The molecule has 2 heterocycles. The second-order valence-electron chi connectivity index (χ2n) is 4.53. The number of carbonyl (C=O) groups is 2. The van der Waals surface area contributed by atoms with Crippen molar-refractivity contribution in [3.05, 3.63) is 32.4 Å². The number of aromatic nitrogens is 1. The van der Waals surface area contributed by atoms with Gasteiger partial charge in [-0.25, -0.2) is 14.6 Å². The van der Waals surface area contributed by atoms with Crippen LogP contribution in [-0.2, 0) is 17.7 Å². The summed E-state index contributed by atoms with van der Waals surface area (Å²) in [4.78, 5) is 30.1. The Bertz CT molecular complexity index is 666. The molecule has 6 nitrogen and oxygen atoms in total. The lowest BCUT2D eigenvalue weighted by Crippen LogP contribution is -2.31. The highest BCUT2D eigenvalue weighted by atomic mass is 32.1. The number of nitrogens with one attached hydrogen (secondary N) is 1. The average molecular weight is 339 g/mol. The number of thiazole rings is 1. The number of methoxy groups -OCH3 is 1. The molecular weight excluding hydrogens is 322 g/mol. The Kier molecular flexibility index (Phi) is 5.51. The number of amides is 2. The van der Waals surface area contributed by atoms with Gasteiger partial charge in [-0.15, -0.1) is 22.7 Å². The first-order valence-electron chi connectivity index (χ1n) is 6.66. The largest absolute Gasteiger partial charge is 0.465 e. The zero-order valence-electron chi connectivity index (χ0n) is 12.6. The molecule has 1 N–H and O–H groups in total. The fourth-order valence-electron chi connectivity index (χ4n) is 1.77. The Morgan fingerprint density at radius 1 is 1.41 bits per heavy atom. The summed E-state index contributed by atoms with van der Waals surface area (Å²) in [5.74, 6) is -0.458. The minimum Gasteiger partial charge on any atom is -0.465 e. The van der Waals surface area contributed by atoms with E-state index < -0.39 is 5.97 Å². The van der Waals surface area contributed by atoms with Crippen LogP contribution in [0.4, 0.5) is 10.5 Å². The first-order valence-corrected chi connectivity index (χ1v) is 8.42. The van der Waals surface area contributed by atoms with Gasteiger partial charge < -0.3 is 15.0 Å². The molecule has 0 bridgehead atoms. The van der Waals surface area contributed by atoms with Gasteiger partial charge in [-0.05, 0) is 17.9 Å². The molecular formula is C14H17N3O3S2. The lowest BCUT2D eigenvalue weighted by molar-refractivity contribution is 0.0607. The lowest BCUT2D eigenvalue weighted by Gasteiger charge is -2.16. The molecule has 0 aliphatic carbocycles. The van der Waals surface area contributed by atoms with Crippen molar-refractivity contribution in [2.75, 3.05) is 19.5 Å². The molecule has 22 heavy (non-hydrogen) atoms. The maximum atomic E-state index is 12.2. The summed E-state index contributed by atoms with van der Waals surface area (Å²) in [5.41, 5.74) is 1.32. The van der Waals surface area contributed by atoms with Crippen molar-refractivity contribution in [2.45, 2.75) is 19.9 Å². The van der Waals surface area contributed by atoms with Gasteiger partial charge in [-0.3, -0.25) is 0 Å². The van der Waals surface area contributed by atoms with Gasteiger partial charge in [-0.1, -0.05) is 6.92 Å². The normalized spacial score (nSPS) is 10.3. The van der Waals surface area contributed by atoms with Gasteiger partial charge in [0.15, 0.2) is 0 Å². The van der Waals surface area contributed by atoms with Gasteiger partial charge in [0, 0.05) is 12.4 Å². The van der Waals surface area contributed by atoms with E-state index in [-0.39, 0.29) is 6.03 Å². The van der Waals surface area contributed by atoms with Gasteiger partial charge in [-0.2, -0.15) is 0 Å². The second-order valence-corrected chi connectivity index (χ2v) is 6.39. The first kappa shape index (κ1) is 16.4. The van der Waals surface area contributed by atoms with E-state index in [9.17, 15) is 9.59 Å². The Hall–Kier alpha value is -1.93. The number of anilines is 1. The van der Waals surface area contributed by atoms with Crippen LogP contribution in [0.15, 0.2) is 16.8 Å². The van der Waals surface area contributed by atoms with Crippen molar-refractivity contribution in [2.24, 2.45) is 0 Å². The minimum atomic E-state index is -0.458. The highest BCUT2D eigenvalue weighted by Crippen LogP contribution is 2.23. The molecule has 2 amide bonds. The van der Waals surface area contributed by atoms with Crippen molar-refractivity contribution in [3.8, 4) is 0 Å². The fraction of sp³-hybridized carbons (Fsp3) is 0.357. The molecule has 2 aromatic rings. The minimum absolute atomic E-state index is 0.297. The van der Waals surface area contributed by atoms with Crippen LogP contribution in [0.5, 0.6) is 0 Å². The van der Waals surface area contributed by atoms with Crippen molar-refractivity contribution in [1.29, 1.82) is 0 Å². The van der Waals surface area contributed by atoms with Gasteiger partial charge in [0.05, 0.1) is 30.0 Å². The summed E-state index contributed by atoms with van der Waals surface area (Å²) in [6.45, 7) is 2.46. The summed E-state index contributed by atoms with van der Waals surface area (Å²) in [6, 6.07) is 1.38. The van der Waals surface area contributed by atoms with Crippen LogP contribution in [0.2, 0.25) is 0 Å². The Balaban J connectivity index is 1.99. The molecule has 0 atom stereocenters. The third-order valence-electron chi connectivity index (χ3n) is 2.93. The van der Waals surface area contributed by atoms with E-state index in [0.29, 0.717) is 17.1 Å². The molecule has 2 aromatic heterocycles. The number of hydrogen-bond acceptors (Lipinski definition) is 6. The fourth-order valence-corrected chi connectivity index (χ4v) is 3.27. The zero-order chi connectivity index (χ0) is 16.1. The van der Waals surface area contributed by atoms with E-state index in [1.54, 1.807) is 29.8 Å². The van der Waals surface area contributed by atoms with Crippen molar-refractivity contribution in [1.82, 2.24) is 9.88 Å². The van der Waals surface area contributed by atoms with Crippen LogP contribution >= 0.6 is 22.7 Å². The molecule has 0 aliphatic rings. The molecule has 2 rings (SSSR count). The molecule has 0 radical (unpaired) electrons. The highest BCUT2D eigenvalue weighted by molar-refractivity contribution is 7.12. The van der Waals surface area contributed by atoms with Crippen molar-refractivity contribution < 1.29 is 14.3 Å². The number of rotatable bonds is 5. The number of nitrogens with zero attached hydrogens (tertiary/aromatic N) is 2. The summed E-state index contributed by atoms with van der Waals surface area (Å²) in [5, 5.41) is 7.45. The monoisotopic (exact) mass is 339 g/mol. The number of esters is 1. The predicted molar refractivity (Wildman–Crippen MR) is 87.6 cm³/mol. The zero-order valence-corrected chi connectivity index (χ0v) is 14.2. The Morgan fingerprint density at radius 2 is 2.18 bits per heavy atom. The van der Waals surface area contributed by atoms with Crippen LogP contribution < -0.4 is 5.32 Å². The Labute approximate surface area is 136 Å². The molecule has 0 saturated carbocycles. The number of ether oxygens (including phenoxy) is 1. The second kappa shape index (κ2) is 7.37. The third-order valence-corrected chi connectivity index (χ3v) is 4.86. The van der Waals surface area contributed by atoms with E-state index in [1.807, 2.05) is 12.3 Å². The predicted octanol–water partition coefficient (Wildman–Crippen LogP) is 3.22. The first-order chi connectivity index (χ1) is 10.5. The van der Waals surface area contributed by atoms with Gasteiger partial charge in [0.25, 0.3) is 0 Å². The highest BCUT2D eigenvalue weighted by Gasteiger charge is 2.18. The molecule has 0 fully saturated rings. The lowest BCUT2D eigenvalue weighted by atomic mass is 10.4. The SMILES string of the molecule is CCc1nc(CN(C)C(=O)Nc2ccsc2C(=O)OC)cs1. The van der Waals surface area contributed by atoms with Crippen LogP contribution in [0.1, 0.15) is 27.3 Å². The molecule has 0 aromatic carbocycles. The summed E-state index contributed by atoms with van der Waals surface area (Å²) < 4.78 is 4.69. The summed E-state index contributed by atoms with van der Waals surface area (Å²) in [7, 11) is 3.00. The number of aryl methyl sites for hydroxylation is 1. The van der Waals surface area contributed by atoms with Gasteiger partial charge >= 0.3 is 12.0 Å². The topological polar surface area (TPSA) is 71.5 Å². The molecule has 8 heteroatoms. The smallest absolute Gasteiger partial charge is 0.350 e. The quantitative estimate of drug-likeness (QED) is 0.849. The van der Waals surface area contributed by atoms with E-state index in [4.69, 9.17) is 0 Å². The van der Waals surface area contributed by atoms with Crippen LogP contribution in [0.25, 0.3) is 0 Å². The standard InChI is InChI=1S/C14H17N3O3S2/c1-4-11-15-9(8-22-11)7-17(2)14(19)16-10-5-6-21-12(10)13(18)20-3/h5-6,8H,4,7H2,1-3H3,(H,16,19). The molecule has 0 spiro atoms. The van der Waals surface area contributed by atoms with Crippen molar-refractivity contribution in [3.63, 3.8) is 0 Å². The maximum absolute atomic E-state index is 12.2. The van der Waals surface area contributed by atoms with Crippen LogP contribution in [0, 0.1) is 0 Å². The number of urea groups is 1. The molecule has 118 valence electrons. The van der Waals surface area contributed by atoms with E-state index in [1.165, 1.54) is 23.3 Å². The van der Waals surface area contributed by atoms with E-state index in [2.05, 4.69) is 15.0 Å². The number of thiophene rings is 1.